The molecule has 1 heterocycles. The summed E-state index contributed by atoms with van der Waals surface area (Å²) in [4.78, 5) is 15.5. The average molecular weight is 272 g/mol. The summed E-state index contributed by atoms with van der Waals surface area (Å²) in [5.74, 6) is 0.234. The number of rotatable bonds is 4. The molecule has 2 rings (SSSR count). The summed E-state index contributed by atoms with van der Waals surface area (Å²) in [5.41, 5.74) is 7.99. The van der Waals surface area contributed by atoms with E-state index in [1.165, 1.54) is 7.11 Å². The van der Waals surface area contributed by atoms with Gasteiger partial charge in [-0.1, -0.05) is 12.1 Å². The van der Waals surface area contributed by atoms with Crippen LogP contribution in [0.4, 0.5) is 5.69 Å². The first kappa shape index (κ1) is 13.9. The number of hydrogen-bond acceptors (Lipinski definition) is 5. The standard InChI is InChI=1S/C15H16N2O3/c1-3-20-12-6-4-5-10(7-12)11-8-13(16)14(17-9-11)15(18)19-2/h4-9H,3,16H2,1-2H3. The van der Waals surface area contributed by atoms with Crippen molar-refractivity contribution in [3.05, 3.63) is 42.2 Å². The van der Waals surface area contributed by atoms with E-state index in [2.05, 4.69) is 9.72 Å². The van der Waals surface area contributed by atoms with E-state index in [1.54, 1.807) is 12.3 Å². The van der Waals surface area contributed by atoms with Crippen LogP contribution in [0.1, 0.15) is 17.4 Å². The molecule has 0 unspecified atom stereocenters. The molecule has 5 nitrogen and oxygen atoms in total. The lowest BCUT2D eigenvalue weighted by molar-refractivity contribution is 0.0595. The van der Waals surface area contributed by atoms with Crippen LogP contribution < -0.4 is 10.5 Å². The lowest BCUT2D eigenvalue weighted by atomic mass is 10.1. The number of nitrogen functional groups attached to an aromatic ring is 1. The molecule has 20 heavy (non-hydrogen) atoms. The van der Waals surface area contributed by atoms with E-state index in [4.69, 9.17) is 10.5 Å². The predicted octanol–water partition coefficient (Wildman–Crippen LogP) is 2.52. The lowest BCUT2D eigenvalue weighted by Gasteiger charge is -2.08. The Morgan fingerprint density at radius 3 is 2.75 bits per heavy atom. The quantitative estimate of drug-likeness (QED) is 0.866. The number of methoxy groups -OCH3 is 1. The third-order valence-corrected chi connectivity index (χ3v) is 2.77. The summed E-state index contributed by atoms with van der Waals surface area (Å²) in [6, 6.07) is 9.30. The van der Waals surface area contributed by atoms with Crippen molar-refractivity contribution >= 4 is 11.7 Å². The molecular weight excluding hydrogens is 256 g/mol. The Bertz CT molecular complexity index is 626. The van der Waals surface area contributed by atoms with Gasteiger partial charge in [0, 0.05) is 11.8 Å². The molecule has 0 atom stereocenters. The number of carbonyl (C=O) groups excluding carboxylic acids is 1. The van der Waals surface area contributed by atoms with Crippen LogP contribution in [0.3, 0.4) is 0 Å². The predicted molar refractivity (Wildman–Crippen MR) is 76.6 cm³/mol. The van der Waals surface area contributed by atoms with Crippen LogP contribution in [0.5, 0.6) is 5.75 Å². The molecule has 0 amide bonds. The Hall–Kier alpha value is -2.56. The average Bonchev–Trinajstić information content (AvgIpc) is 2.47. The maximum atomic E-state index is 11.4. The maximum Gasteiger partial charge on any atom is 0.358 e. The zero-order valence-corrected chi connectivity index (χ0v) is 11.4. The Balaban J connectivity index is 2.36. The van der Waals surface area contributed by atoms with Crippen molar-refractivity contribution in [2.45, 2.75) is 6.92 Å². The summed E-state index contributed by atoms with van der Waals surface area (Å²) in [5, 5.41) is 0. The maximum absolute atomic E-state index is 11.4. The number of ether oxygens (including phenoxy) is 2. The van der Waals surface area contributed by atoms with Gasteiger partial charge in [0.2, 0.25) is 0 Å². The van der Waals surface area contributed by atoms with Crippen LogP contribution in [0.2, 0.25) is 0 Å². The van der Waals surface area contributed by atoms with E-state index < -0.39 is 5.97 Å². The normalized spacial score (nSPS) is 10.1. The number of anilines is 1. The highest BCUT2D eigenvalue weighted by atomic mass is 16.5. The summed E-state index contributed by atoms with van der Waals surface area (Å²) in [7, 11) is 1.29. The molecular formula is C15H16N2O3. The Labute approximate surface area is 117 Å². The van der Waals surface area contributed by atoms with E-state index in [-0.39, 0.29) is 11.4 Å². The topological polar surface area (TPSA) is 74.4 Å². The molecule has 5 heteroatoms. The molecule has 0 saturated carbocycles. The summed E-state index contributed by atoms with van der Waals surface area (Å²) in [6.07, 6.45) is 1.59. The third-order valence-electron chi connectivity index (χ3n) is 2.77. The van der Waals surface area contributed by atoms with Gasteiger partial charge in [0.1, 0.15) is 5.75 Å². The molecule has 1 aromatic carbocycles. The molecule has 104 valence electrons. The first-order chi connectivity index (χ1) is 9.65. The van der Waals surface area contributed by atoms with Gasteiger partial charge in [-0.05, 0) is 30.7 Å². The van der Waals surface area contributed by atoms with E-state index in [1.807, 2.05) is 31.2 Å². The van der Waals surface area contributed by atoms with Crippen LogP contribution in [0.25, 0.3) is 11.1 Å². The van der Waals surface area contributed by atoms with Crippen molar-refractivity contribution in [2.75, 3.05) is 19.5 Å². The number of pyridine rings is 1. The highest BCUT2D eigenvalue weighted by Crippen LogP contribution is 2.26. The summed E-state index contributed by atoms with van der Waals surface area (Å²) < 4.78 is 10.1. The van der Waals surface area contributed by atoms with Gasteiger partial charge in [0.25, 0.3) is 0 Å². The van der Waals surface area contributed by atoms with Crippen LogP contribution in [0.15, 0.2) is 36.5 Å². The number of carbonyl (C=O) groups is 1. The van der Waals surface area contributed by atoms with Gasteiger partial charge >= 0.3 is 5.97 Å². The molecule has 0 bridgehead atoms. The fourth-order valence-corrected chi connectivity index (χ4v) is 1.84. The first-order valence-electron chi connectivity index (χ1n) is 6.22. The van der Waals surface area contributed by atoms with Crippen LogP contribution in [-0.4, -0.2) is 24.7 Å². The van der Waals surface area contributed by atoms with Crippen molar-refractivity contribution in [1.29, 1.82) is 0 Å². The third kappa shape index (κ3) is 2.88. The van der Waals surface area contributed by atoms with E-state index in [0.717, 1.165) is 16.9 Å². The largest absolute Gasteiger partial charge is 0.494 e. The van der Waals surface area contributed by atoms with Gasteiger partial charge in [0.15, 0.2) is 5.69 Å². The smallest absolute Gasteiger partial charge is 0.358 e. The molecule has 2 N–H and O–H groups in total. The van der Waals surface area contributed by atoms with Gasteiger partial charge in [-0.2, -0.15) is 0 Å². The zero-order valence-electron chi connectivity index (χ0n) is 11.4. The second-order valence-electron chi connectivity index (χ2n) is 4.11. The van der Waals surface area contributed by atoms with Crippen LogP contribution in [0, 0.1) is 0 Å². The number of nitrogens with two attached hydrogens (primary N) is 1. The number of nitrogens with zero attached hydrogens (tertiary/aromatic N) is 1. The van der Waals surface area contributed by atoms with Crippen molar-refractivity contribution in [2.24, 2.45) is 0 Å². The van der Waals surface area contributed by atoms with Crippen LogP contribution in [-0.2, 0) is 4.74 Å². The fourth-order valence-electron chi connectivity index (χ4n) is 1.84. The van der Waals surface area contributed by atoms with Crippen molar-refractivity contribution in [3.8, 4) is 16.9 Å². The SMILES string of the molecule is CCOc1cccc(-c2cnc(C(=O)OC)c(N)c2)c1. The van der Waals surface area contributed by atoms with Crippen LogP contribution >= 0.6 is 0 Å². The van der Waals surface area contributed by atoms with Gasteiger partial charge in [0.05, 0.1) is 19.4 Å². The second kappa shape index (κ2) is 6.06. The number of esters is 1. The summed E-state index contributed by atoms with van der Waals surface area (Å²) in [6.45, 7) is 2.53. The van der Waals surface area contributed by atoms with Crippen molar-refractivity contribution < 1.29 is 14.3 Å². The van der Waals surface area contributed by atoms with Gasteiger partial charge in [-0.3, -0.25) is 0 Å². The van der Waals surface area contributed by atoms with Crippen molar-refractivity contribution in [1.82, 2.24) is 4.98 Å². The molecule has 0 radical (unpaired) electrons. The number of benzene rings is 1. The zero-order chi connectivity index (χ0) is 14.5. The molecule has 0 aliphatic heterocycles. The fraction of sp³-hybridized carbons (Fsp3) is 0.200. The molecule has 1 aromatic heterocycles. The van der Waals surface area contributed by atoms with Gasteiger partial charge in [-0.25, -0.2) is 9.78 Å². The highest BCUT2D eigenvalue weighted by Gasteiger charge is 2.12. The van der Waals surface area contributed by atoms with E-state index >= 15 is 0 Å². The molecule has 0 fully saturated rings. The highest BCUT2D eigenvalue weighted by molar-refractivity contribution is 5.93. The Kier molecular flexibility index (Phi) is 4.20. The number of aromatic nitrogens is 1. The molecule has 0 aliphatic carbocycles. The summed E-state index contributed by atoms with van der Waals surface area (Å²) >= 11 is 0. The minimum Gasteiger partial charge on any atom is -0.494 e. The van der Waals surface area contributed by atoms with Gasteiger partial charge in [-0.15, -0.1) is 0 Å². The Morgan fingerprint density at radius 2 is 2.10 bits per heavy atom. The lowest BCUT2D eigenvalue weighted by Crippen LogP contribution is -2.08. The molecule has 2 aromatic rings. The minimum atomic E-state index is -0.544. The Morgan fingerprint density at radius 1 is 1.30 bits per heavy atom. The van der Waals surface area contributed by atoms with E-state index in [9.17, 15) is 4.79 Å². The van der Waals surface area contributed by atoms with Crippen molar-refractivity contribution in [3.63, 3.8) is 0 Å². The molecule has 0 aliphatic rings. The van der Waals surface area contributed by atoms with E-state index in [0.29, 0.717) is 6.61 Å². The molecule has 0 saturated heterocycles. The monoisotopic (exact) mass is 272 g/mol. The van der Waals surface area contributed by atoms with Gasteiger partial charge < -0.3 is 15.2 Å². The second-order valence-corrected chi connectivity index (χ2v) is 4.11. The molecule has 0 spiro atoms. The minimum absolute atomic E-state index is 0.122. The first-order valence-corrected chi connectivity index (χ1v) is 6.22. The number of hydrogen-bond donors (Lipinski definition) is 1.